The lowest BCUT2D eigenvalue weighted by molar-refractivity contribution is -0.121. The molecule has 7 heteroatoms. The number of amides is 3. The normalized spacial score (nSPS) is 16.5. The minimum atomic E-state index is -0.566. The van der Waals surface area contributed by atoms with E-state index in [0.29, 0.717) is 16.9 Å². The molecule has 0 spiro atoms. The van der Waals surface area contributed by atoms with Gasteiger partial charge in [-0.25, -0.2) is 4.90 Å². The highest BCUT2D eigenvalue weighted by Crippen LogP contribution is 2.29. The van der Waals surface area contributed by atoms with E-state index >= 15 is 0 Å². The molecule has 138 valence electrons. The number of anilines is 2. The summed E-state index contributed by atoms with van der Waals surface area (Å²) in [4.78, 5) is 49.2. The molecule has 0 saturated carbocycles. The fraction of sp³-hybridized carbons (Fsp3) is 0.200. The number of ketones is 1. The Morgan fingerprint density at radius 1 is 1.07 bits per heavy atom. The van der Waals surface area contributed by atoms with Crippen LogP contribution in [0.15, 0.2) is 54.6 Å². The SMILES string of the molecule is CC(=O)c1ccc(NC(=O)CS[C@@H]2CC(=O)N(c3ccccc3)C2=O)cc1. The second-order valence-electron chi connectivity index (χ2n) is 6.09. The average Bonchev–Trinajstić information content (AvgIpc) is 2.94. The molecule has 0 aliphatic carbocycles. The smallest absolute Gasteiger partial charge is 0.247 e. The first-order valence-corrected chi connectivity index (χ1v) is 9.45. The van der Waals surface area contributed by atoms with Gasteiger partial charge in [0.05, 0.1) is 16.7 Å². The van der Waals surface area contributed by atoms with Gasteiger partial charge in [0.25, 0.3) is 0 Å². The molecule has 1 N–H and O–H groups in total. The molecular formula is C20H18N2O4S. The van der Waals surface area contributed by atoms with E-state index in [1.165, 1.54) is 11.8 Å². The van der Waals surface area contributed by atoms with E-state index < -0.39 is 5.25 Å². The molecule has 0 radical (unpaired) electrons. The highest BCUT2D eigenvalue weighted by molar-refractivity contribution is 8.01. The molecule has 0 aromatic heterocycles. The van der Waals surface area contributed by atoms with Crippen molar-refractivity contribution >= 4 is 46.6 Å². The van der Waals surface area contributed by atoms with Crippen molar-refractivity contribution in [1.29, 1.82) is 0 Å². The molecule has 1 fully saturated rings. The summed E-state index contributed by atoms with van der Waals surface area (Å²) in [6.07, 6.45) is 0.0823. The molecular weight excluding hydrogens is 364 g/mol. The predicted octanol–water partition coefficient (Wildman–Crippen LogP) is 2.89. The number of hydrogen-bond acceptors (Lipinski definition) is 5. The van der Waals surface area contributed by atoms with Crippen LogP contribution in [0.1, 0.15) is 23.7 Å². The average molecular weight is 382 g/mol. The topological polar surface area (TPSA) is 83.6 Å². The summed E-state index contributed by atoms with van der Waals surface area (Å²) in [7, 11) is 0. The van der Waals surface area contributed by atoms with Gasteiger partial charge in [0.1, 0.15) is 0 Å². The zero-order valence-electron chi connectivity index (χ0n) is 14.7. The first kappa shape index (κ1) is 18.8. The summed E-state index contributed by atoms with van der Waals surface area (Å²) >= 11 is 1.15. The van der Waals surface area contributed by atoms with E-state index in [1.807, 2.05) is 6.07 Å². The van der Waals surface area contributed by atoms with Crippen molar-refractivity contribution in [2.24, 2.45) is 0 Å². The molecule has 1 atom stereocenters. The Kier molecular flexibility index (Phi) is 5.71. The molecule has 3 amide bonds. The molecule has 6 nitrogen and oxygen atoms in total. The number of thioether (sulfide) groups is 1. The van der Waals surface area contributed by atoms with Crippen LogP contribution in [0.5, 0.6) is 0 Å². The van der Waals surface area contributed by atoms with Crippen LogP contribution in [-0.4, -0.2) is 34.5 Å². The van der Waals surface area contributed by atoms with Gasteiger partial charge in [-0.15, -0.1) is 11.8 Å². The standard InChI is InChI=1S/C20H18N2O4S/c1-13(23)14-7-9-15(10-8-14)21-18(24)12-27-17-11-19(25)22(20(17)26)16-5-3-2-4-6-16/h2-10,17H,11-12H2,1H3,(H,21,24)/t17-/m1/s1. The van der Waals surface area contributed by atoms with Crippen molar-refractivity contribution in [3.8, 4) is 0 Å². The molecule has 2 aromatic carbocycles. The number of rotatable bonds is 6. The Bertz CT molecular complexity index is 881. The second kappa shape index (κ2) is 8.18. The number of nitrogens with zero attached hydrogens (tertiary/aromatic N) is 1. The molecule has 27 heavy (non-hydrogen) atoms. The van der Waals surface area contributed by atoms with Crippen LogP contribution in [0.2, 0.25) is 0 Å². The van der Waals surface area contributed by atoms with Crippen molar-refractivity contribution in [3.05, 3.63) is 60.2 Å². The van der Waals surface area contributed by atoms with Crippen LogP contribution in [0.3, 0.4) is 0 Å². The molecule has 1 aliphatic heterocycles. The van der Waals surface area contributed by atoms with E-state index in [-0.39, 0.29) is 35.7 Å². The van der Waals surface area contributed by atoms with Crippen molar-refractivity contribution in [2.45, 2.75) is 18.6 Å². The van der Waals surface area contributed by atoms with Gasteiger partial charge in [-0.2, -0.15) is 0 Å². The van der Waals surface area contributed by atoms with Gasteiger partial charge in [0.2, 0.25) is 17.7 Å². The summed E-state index contributed by atoms with van der Waals surface area (Å²) in [5, 5.41) is 2.15. The largest absolute Gasteiger partial charge is 0.325 e. The van der Waals surface area contributed by atoms with E-state index in [0.717, 1.165) is 11.8 Å². The van der Waals surface area contributed by atoms with Gasteiger partial charge >= 0.3 is 0 Å². The van der Waals surface area contributed by atoms with E-state index in [2.05, 4.69) is 5.32 Å². The second-order valence-corrected chi connectivity index (χ2v) is 7.28. The molecule has 1 aliphatic rings. The van der Waals surface area contributed by atoms with E-state index in [1.54, 1.807) is 48.5 Å². The fourth-order valence-electron chi connectivity index (χ4n) is 2.74. The third-order valence-electron chi connectivity index (χ3n) is 4.11. The molecule has 2 aromatic rings. The highest BCUT2D eigenvalue weighted by atomic mass is 32.2. The lowest BCUT2D eigenvalue weighted by Crippen LogP contribution is -2.31. The monoisotopic (exact) mass is 382 g/mol. The Balaban J connectivity index is 1.55. The number of para-hydroxylation sites is 1. The van der Waals surface area contributed by atoms with Crippen LogP contribution in [0, 0.1) is 0 Å². The third-order valence-corrected chi connectivity index (χ3v) is 5.31. The maximum Gasteiger partial charge on any atom is 0.247 e. The van der Waals surface area contributed by atoms with Crippen LogP contribution < -0.4 is 10.2 Å². The predicted molar refractivity (Wildman–Crippen MR) is 105 cm³/mol. The zero-order valence-corrected chi connectivity index (χ0v) is 15.5. The maximum atomic E-state index is 12.5. The minimum Gasteiger partial charge on any atom is -0.325 e. The quantitative estimate of drug-likeness (QED) is 0.613. The number of hydrogen-bond donors (Lipinski definition) is 1. The summed E-state index contributed by atoms with van der Waals surface area (Å²) in [6, 6.07) is 15.3. The van der Waals surface area contributed by atoms with Gasteiger partial charge in [0.15, 0.2) is 5.78 Å². The Morgan fingerprint density at radius 3 is 2.37 bits per heavy atom. The Labute approximate surface area is 160 Å². The van der Waals surface area contributed by atoms with Gasteiger partial charge in [-0.3, -0.25) is 19.2 Å². The van der Waals surface area contributed by atoms with Crippen molar-refractivity contribution < 1.29 is 19.2 Å². The molecule has 1 saturated heterocycles. The molecule has 0 unspecified atom stereocenters. The summed E-state index contributed by atoms with van der Waals surface area (Å²) in [5.74, 6) is -0.815. The van der Waals surface area contributed by atoms with Crippen LogP contribution in [0.4, 0.5) is 11.4 Å². The van der Waals surface area contributed by atoms with Crippen molar-refractivity contribution in [3.63, 3.8) is 0 Å². The van der Waals surface area contributed by atoms with Crippen molar-refractivity contribution in [1.82, 2.24) is 0 Å². The van der Waals surface area contributed by atoms with E-state index in [9.17, 15) is 19.2 Å². The van der Waals surface area contributed by atoms with Crippen LogP contribution in [0.25, 0.3) is 0 Å². The van der Waals surface area contributed by atoms with E-state index in [4.69, 9.17) is 0 Å². The third kappa shape index (κ3) is 4.43. The summed E-state index contributed by atoms with van der Waals surface area (Å²) in [5.41, 5.74) is 1.69. The van der Waals surface area contributed by atoms with Gasteiger partial charge in [-0.05, 0) is 43.3 Å². The Hall–Kier alpha value is -2.93. The number of imide groups is 1. The van der Waals surface area contributed by atoms with Crippen LogP contribution >= 0.6 is 11.8 Å². The first-order chi connectivity index (χ1) is 13.0. The lowest BCUT2D eigenvalue weighted by Gasteiger charge is -2.14. The molecule has 1 heterocycles. The maximum absolute atomic E-state index is 12.5. The van der Waals surface area contributed by atoms with Gasteiger partial charge in [-0.1, -0.05) is 18.2 Å². The number of carbonyl (C=O) groups excluding carboxylic acids is 4. The fourth-order valence-corrected chi connectivity index (χ4v) is 3.68. The minimum absolute atomic E-state index is 0.0455. The number of Topliss-reactive ketones (excluding diaryl/α,β-unsaturated/α-hetero) is 1. The van der Waals surface area contributed by atoms with Crippen molar-refractivity contribution in [2.75, 3.05) is 16.0 Å². The number of carbonyl (C=O) groups is 4. The first-order valence-electron chi connectivity index (χ1n) is 8.40. The van der Waals surface area contributed by atoms with Gasteiger partial charge in [0, 0.05) is 17.7 Å². The lowest BCUT2D eigenvalue weighted by atomic mass is 10.1. The summed E-state index contributed by atoms with van der Waals surface area (Å²) < 4.78 is 0. The number of nitrogens with one attached hydrogen (secondary N) is 1. The zero-order chi connectivity index (χ0) is 19.4. The van der Waals surface area contributed by atoms with Crippen LogP contribution in [-0.2, 0) is 14.4 Å². The highest BCUT2D eigenvalue weighted by Gasteiger charge is 2.39. The Morgan fingerprint density at radius 2 is 1.74 bits per heavy atom. The molecule has 0 bridgehead atoms. The number of benzene rings is 2. The molecule has 3 rings (SSSR count). The summed E-state index contributed by atoms with van der Waals surface area (Å²) in [6.45, 7) is 1.48. The van der Waals surface area contributed by atoms with Gasteiger partial charge < -0.3 is 5.32 Å².